The van der Waals surface area contributed by atoms with Crippen LogP contribution in [0.4, 0.5) is 5.69 Å². The number of aromatic nitrogens is 2. The molecular weight excluding hydrogens is 500 g/mol. The standard InChI is InChI=1S/C25H19BrN4O2S/c26-16-6-8-17(9-7-16)29-13-3-5-20(29)24-23(19-4-1-2-12-27-19)28-25(33)30(24)18-10-11-21-22(14-18)32-15-31-21/h1-14,23-24H,15H2,(H,28,33)/t23-,24-/m0/s1. The number of fused-ring (bicyclic) bond motifs is 1. The third-order valence-corrected chi connectivity index (χ3v) is 6.76. The summed E-state index contributed by atoms with van der Waals surface area (Å²) in [7, 11) is 0. The van der Waals surface area contributed by atoms with Gasteiger partial charge in [-0.2, -0.15) is 0 Å². The minimum atomic E-state index is -0.133. The van der Waals surface area contributed by atoms with Crippen molar-refractivity contribution in [3.63, 3.8) is 0 Å². The van der Waals surface area contributed by atoms with Crippen LogP contribution in [0.1, 0.15) is 23.5 Å². The number of nitrogens with one attached hydrogen (secondary N) is 1. The van der Waals surface area contributed by atoms with Gasteiger partial charge in [0.05, 0.1) is 11.7 Å². The molecule has 6 rings (SSSR count). The van der Waals surface area contributed by atoms with Crippen molar-refractivity contribution in [2.45, 2.75) is 12.1 Å². The van der Waals surface area contributed by atoms with Crippen LogP contribution in [-0.2, 0) is 0 Å². The molecule has 0 unspecified atom stereocenters. The number of nitrogens with zero attached hydrogens (tertiary/aromatic N) is 3. The van der Waals surface area contributed by atoms with Crippen LogP contribution in [0.5, 0.6) is 11.5 Å². The van der Waals surface area contributed by atoms with E-state index >= 15 is 0 Å². The molecule has 1 N–H and O–H groups in total. The van der Waals surface area contributed by atoms with E-state index < -0.39 is 0 Å². The van der Waals surface area contributed by atoms with Crippen LogP contribution < -0.4 is 19.7 Å². The minimum absolute atomic E-state index is 0.131. The van der Waals surface area contributed by atoms with E-state index in [9.17, 15) is 0 Å². The minimum Gasteiger partial charge on any atom is -0.454 e. The third-order valence-electron chi connectivity index (χ3n) is 5.92. The highest BCUT2D eigenvalue weighted by Crippen LogP contribution is 2.44. The molecule has 2 aromatic carbocycles. The Morgan fingerprint density at radius 2 is 1.76 bits per heavy atom. The fourth-order valence-corrected chi connectivity index (χ4v) is 5.05. The lowest BCUT2D eigenvalue weighted by molar-refractivity contribution is 0.174. The van der Waals surface area contributed by atoms with Crippen molar-refractivity contribution in [2.24, 2.45) is 0 Å². The van der Waals surface area contributed by atoms with Gasteiger partial charge in [0.1, 0.15) is 6.04 Å². The fourth-order valence-electron chi connectivity index (χ4n) is 4.44. The Balaban J connectivity index is 1.50. The van der Waals surface area contributed by atoms with E-state index in [1.165, 1.54) is 0 Å². The van der Waals surface area contributed by atoms with Gasteiger partial charge in [-0.3, -0.25) is 4.98 Å². The molecule has 4 heterocycles. The quantitative estimate of drug-likeness (QED) is 0.358. The molecule has 2 aliphatic rings. The monoisotopic (exact) mass is 518 g/mol. The summed E-state index contributed by atoms with van der Waals surface area (Å²) in [4.78, 5) is 6.79. The molecule has 0 radical (unpaired) electrons. The van der Waals surface area contributed by atoms with Crippen LogP contribution in [0, 0.1) is 0 Å². The summed E-state index contributed by atoms with van der Waals surface area (Å²) in [5, 5.41) is 4.15. The Hall–Kier alpha value is -3.36. The molecule has 0 spiro atoms. The molecule has 0 aliphatic carbocycles. The van der Waals surface area contributed by atoms with Crippen molar-refractivity contribution in [2.75, 3.05) is 11.7 Å². The maximum atomic E-state index is 5.86. The number of benzene rings is 2. The first-order chi connectivity index (χ1) is 16.2. The first kappa shape index (κ1) is 20.3. The van der Waals surface area contributed by atoms with Crippen molar-refractivity contribution in [3.05, 3.63) is 101 Å². The topological polar surface area (TPSA) is 51.6 Å². The van der Waals surface area contributed by atoms with Crippen LogP contribution in [-0.4, -0.2) is 21.5 Å². The van der Waals surface area contributed by atoms with Gasteiger partial charge in [0.2, 0.25) is 6.79 Å². The average Bonchev–Trinajstić information content (AvgIpc) is 3.57. The predicted molar refractivity (Wildman–Crippen MR) is 134 cm³/mol. The molecule has 2 atom stereocenters. The fraction of sp³-hybridized carbons (Fsp3) is 0.120. The molecule has 0 amide bonds. The Bertz CT molecular complexity index is 1330. The van der Waals surface area contributed by atoms with Gasteiger partial charge in [0.15, 0.2) is 16.6 Å². The molecule has 164 valence electrons. The van der Waals surface area contributed by atoms with E-state index in [2.05, 4.69) is 66.2 Å². The van der Waals surface area contributed by atoms with Gasteiger partial charge < -0.3 is 24.3 Å². The Morgan fingerprint density at radius 3 is 2.58 bits per heavy atom. The van der Waals surface area contributed by atoms with Gasteiger partial charge in [0.25, 0.3) is 0 Å². The molecule has 4 aromatic rings. The summed E-state index contributed by atoms with van der Waals surface area (Å²) >= 11 is 9.39. The summed E-state index contributed by atoms with van der Waals surface area (Å²) < 4.78 is 14.4. The lowest BCUT2D eigenvalue weighted by Crippen LogP contribution is -2.30. The van der Waals surface area contributed by atoms with Crippen molar-refractivity contribution >= 4 is 38.9 Å². The SMILES string of the molecule is S=C1N[C@@H](c2ccccn2)[C@H](c2cccn2-c2ccc(Br)cc2)N1c1ccc2c(c1)OCO2. The Labute approximate surface area is 204 Å². The van der Waals surface area contributed by atoms with Crippen molar-refractivity contribution in [3.8, 4) is 17.2 Å². The smallest absolute Gasteiger partial charge is 0.231 e. The zero-order valence-electron chi connectivity index (χ0n) is 17.4. The number of halogens is 1. The van der Waals surface area contributed by atoms with Crippen LogP contribution >= 0.6 is 28.1 Å². The summed E-state index contributed by atoms with van der Waals surface area (Å²) in [6.45, 7) is 0.230. The second-order valence-electron chi connectivity index (χ2n) is 7.81. The van der Waals surface area contributed by atoms with Gasteiger partial charge in [-0.25, -0.2) is 0 Å². The van der Waals surface area contributed by atoms with E-state index in [0.29, 0.717) is 5.11 Å². The normalized spacial score (nSPS) is 19.1. The maximum Gasteiger partial charge on any atom is 0.231 e. The Kier molecular flexibility index (Phi) is 5.04. The molecule has 0 saturated carbocycles. The number of pyridine rings is 1. The van der Waals surface area contributed by atoms with Gasteiger partial charge >= 0.3 is 0 Å². The molecule has 0 bridgehead atoms. The molecule has 2 aliphatic heterocycles. The first-order valence-corrected chi connectivity index (χ1v) is 11.7. The number of hydrogen-bond acceptors (Lipinski definition) is 4. The highest BCUT2D eigenvalue weighted by atomic mass is 79.9. The number of rotatable bonds is 4. The first-order valence-electron chi connectivity index (χ1n) is 10.5. The second-order valence-corrected chi connectivity index (χ2v) is 9.12. The zero-order chi connectivity index (χ0) is 22.4. The van der Waals surface area contributed by atoms with Crippen LogP contribution in [0.2, 0.25) is 0 Å². The van der Waals surface area contributed by atoms with E-state index in [1.54, 1.807) is 0 Å². The number of anilines is 1. The Morgan fingerprint density at radius 1 is 0.939 bits per heavy atom. The van der Waals surface area contributed by atoms with Gasteiger partial charge in [0, 0.05) is 40.0 Å². The van der Waals surface area contributed by atoms with Crippen molar-refractivity contribution < 1.29 is 9.47 Å². The number of hydrogen-bond donors (Lipinski definition) is 1. The van der Waals surface area contributed by atoms with Crippen molar-refractivity contribution in [1.82, 2.24) is 14.9 Å². The van der Waals surface area contributed by atoms with Crippen LogP contribution in [0.3, 0.4) is 0 Å². The average molecular weight is 519 g/mol. The largest absolute Gasteiger partial charge is 0.454 e. The molecular formula is C25H19BrN4O2S. The van der Waals surface area contributed by atoms with Crippen LogP contribution in [0.25, 0.3) is 5.69 Å². The van der Waals surface area contributed by atoms with E-state index in [0.717, 1.165) is 38.7 Å². The van der Waals surface area contributed by atoms with Gasteiger partial charge in [-0.1, -0.05) is 22.0 Å². The zero-order valence-corrected chi connectivity index (χ0v) is 19.8. The van der Waals surface area contributed by atoms with Gasteiger partial charge in [-0.15, -0.1) is 0 Å². The second kappa shape index (κ2) is 8.20. The van der Waals surface area contributed by atoms with Crippen molar-refractivity contribution in [1.29, 1.82) is 0 Å². The summed E-state index contributed by atoms with van der Waals surface area (Å²) in [6, 6.07) is 24.1. The van der Waals surface area contributed by atoms with E-state index in [1.807, 2.05) is 54.7 Å². The van der Waals surface area contributed by atoms with E-state index in [4.69, 9.17) is 21.7 Å². The number of ether oxygens (including phenoxy) is 2. The molecule has 2 aromatic heterocycles. The van der Waals surface area contributed by atoms with E-state index in [-0.39, 0.29) is 18.9 Å². The molecule has 1 saturated heterocycles. The molecule has 33 heavy (non-hydrogen) atoms. The summed E-state index contributed by atoms with van der Waals surface area (Å²) in [5.41, 5.74) is 4.03. The summed E-state index contributed by atoms with van der Waals surface area (Å²) in [5.74, 6) is 1.46. The highest BCUT2D eigenvalue weighted by Gasteiger charge is 2.42. The highest BCUT2D eigenvalue weighted by molar-refractivity contribution is 9.10. The molecule has 6 nitrogen and oxygen atoms in total. The van der Waals surface area contributed by atoms with Gasteiger partial charge in [-0.05, 0) is 72.9 Å². The summed E-state index contributed by atoms with van der Waals surface area (Å²) in [6.07, 6.45) is 3.89. The lowest BCUT2D eigenvalue weighted by Gasteiger charge is -2.29. The maximum absolute atomic E-state index is 5.86. The predicted octanol–water partition coefficient (Wildman–Crippen LogP) is 5.54. The number of thiocarbonyl (C=S) groups is 1. The lowest BCUT2D eigenvalue weighted by atomic mass is 10.0. The molecule has 1 fully saturated rings. The van der Waals surface area contributed by atoms with Crippen LogP contribution in [0.15, 0.2) is 89.7 Å². The molecule has 8 heteroatoms. The third kappa shape index (κ3) is 3.55.